The molecule has 0 radical (unpaired) electrons. The Morgan fingerprint density at radius 1 is 1.33 bits per heavy atom. The number of carbonyl (C=O) groups is 1. The second kappa shape index (κ2) is 5.27. The Labute approximate surface area is 112 Å². The standard InChI is InChI=1S/C13H10BrFN2O/c14-9-2-1-8(11(15)6-9)5-13(18)12-4-3-10(16)7-17-12/h1-4,6-7H,5,16H2. The number of nitrogen functional groups attached to an aromatic ring is 1. The molecule has 18 heavy (non-hydrogen) atoms. The van der Waals surface area contributed by atoms with Crippen LogP contribution in [0.4, 0.5) is 10.1 Å². The third-order valence-corrected chi connectivity index (χ3v) is 2.93. The zero-order valence-electron chi connectivity index (χ0n) is 9.36. The lowest BCUT2D eigenvalue weighted by Crippen LogP contribution is -2.07. The van der Waals surface area contributed by atoms with Crippen molar-refractivity contribution in [2.45, 2.75) is 6.42 Å². The van der Waals surface area contributed by atoms with Crippen molar-refractivity contribution in [3.8, 4) is 0 Å². The first kappa shape index (κ1) is 12.7. The largest absolute Gasteiger partial charge is 0.397 e. The molecule has 0 amide bonds. The molecule has 0 unspecified atom stereocenters. The van der Waals surface area contributed by atoms with Gasteiger partial charge in [0.1, 0.15) is 11.5 Å². The van der Waals surface area contributed by atoms with Gasteiger partial charge in [0.25, 0.3) is 0 Å². The van der Waals surface area contributed by atoms with Crippen molar-refractivity contribution in [1.29, 1.82) is 0 Å². The molecule has 2 rings (SSSR count). The fourth-order valence-corrected chi connectivity index (χ4v) is 1.83. The highest BCUT2D eigenvalue weighted by Crippen LogP contribution is 2.17. The molecule has 1 heterocycles. The van der Waals surface area contributed by atoms with E-state index in [0.717, 1.165) is 0 Å². The highest BCUT2D eigenvalue weighted by molar-refractivity contribution is 9.10. The van der Waals surface area contributed by atoms with Crippen molar-refractivity contribution >= 4 is 27.4 Å². The maximum absolute atomic E-state index is 13.6. The summed E-state index contributed by atoms with van der Waals surface area (Å²) in [5.74, 6) is -0.649. The molecule has 3 nitrogen and oxygen atoms in total. The molecule has 0 atom stereocenters. The molecular weight excluding hydrogens is 299 g/mol. The number of benzene rings is 1. The van der Waals surface area contributed by atoms with E-state index >= 15 is 0 Å². The SMILES string of the molecule is Nc1ccc(C(=O)Cc2ccc(Br)cc2F)nc1. The second-order valence-corrected chi connectivity index (χ2v) is 4.73. The number of ketones is 1. The van der Waals surface area contributed by atoms with E-state index < -0.39 is 5.82 Å². The zero-order chi connectivity index (χ0) is 13.1. The molecular formula is C13H10BrFN2O. The monoisotopic (exact) mass is 308 g/mol. The minimum atomic E-state index is -0.409. The van der Waals surface area contributed by atoms with E-state index in [9.17, 15) is 9.18 Å². The van der Waals surface area contributed by atoms with E-state index in [1.807, 2.05) is 0 Å². The highest BCUT2D eigenvalue weighted by Gasteiger charge is 2.11. The predicted octanol–water partition coefficient (Wildman–Crippen LogP) is 2.99. The van der Waals surface area contributed by atoms with Crippen LogP contribution in [0.1, 0.15) is 16.1 Å². The summed E-state index contributed by atoms with van der Waals surface area (Å²) in [5.41, 5.74) is 6.60. The Hall–Kier alpha value is -1.75. The van der Waals surface area contributed by atoms with Gasteiger partial charge in [0.05, 0.1) is 11.9 Å². The fraction of sp³-hybridized carbons (Fsp3) is 0.0769. The Balaban J connectivity index is 2.18. The molecule has 1 aromatic heterocycles. The van der Waals surface area contributed by atoms with Gasteiger partial charge in [-0.3, -0.25) is 9.78 Å². The number of carbonyl (C=O) groups excluding carboxylic acids is 1. The van der Waals surface area contributed by atoms with Gasteiger partial charge in [-0.1, -0.05) is 22.0 Å². The van der Waals surface area contributed by atoms with Crippen LogP contribution >= 0.6 is 15.9 Å². The Morgan fingerprint density at radius 2 is 2.11 bits per heavy atom. The van der Waals surface area contributed by atoms with Crippen molar-refractivity contribution in [3.63, 3.8) is 0 Å². The van der Waals surface area contributed by atoms with E-state index in [2.05, 4.69) is 20.9 Å². The number of anilines is 1. The van der Waals surface area contributed by atoms with E-state index in [0.29, 0.717) is 15.7 Å². The zero-order valence-corrected chi connectivity index (χ0v) is 10.9. The van der Waals surface area contributed by atoms with Gasteiger partial charge in [-0.15, -0.1) is 0 Å². The lowest BCUT2D eigenvalue weighted by Gasteiger charge is -2.03. The summed E-state index contributed by atoms with van der Waals surface area (Å²) in [6.45, 7) is 0. The molecule has 0 saturated carbocycles. The molecule has 0 fully saturated rings. The first-order chi connectivity index (χ1) is 8.56. The molecule has 5 heteroatoms. The van der Waals surface area contributed by atoms with Crippen molar-refractivity contribution < 1.29 is 9.18 Å². The molecule has 2 N–H and O–H groups in total. The minimum absolute atomic E-state index is 0.0178. The number of nitrogens with zero attached hydrogens (tertiary/aromatic N) is 1. The van der Waals surface area contributed by atoms with Gasteiger partial charge in [0, 0.05) is 10.9 Å². The lowest BCUT2D eigenvalue weighted by atomic mass is 10.1. The quantitative estimate of drug-likeness (QED) is 0.887. The average Bonchev–Trinajstić information content (AvgIpc) is 2.33. The van der Waals surface area contributed by atoms with Gasteiger partial charge in [0.2, 0.25) is 0 Å². The minimum Gasteiger partial charge on any atom is -0.397 e. The van der Waals surface area contributed by atoms with Crippen molar-refractivity contribution in [2.24, 2.45) is 0 Å². The number of hydrogen-bond acceptors (Lipinski definition) is 3. The number of Topliss-reactive ketones (excluding diaryl/α,β-unsaturated/α-hetero) is 1. The van der Waals surface area contributed by atoms with E-state index in [1.165, 1.54) is 18.3 Å². The summed E-state index contributed by atoms with van der Waals surface area (Å²) in [4.78, 5) is 15.8. The molecule has 1 aromatic carbocycles. The number of rotatable bonds is 3. The maximum atomic E-state index is 13.6. The van der Waals surface area contributed by atoms with Crippen LogP contribution < -0.4 is 5.73 Å². The Morgan fingerprint density at radius 3 is 2.72 bits per heavy atom. The number of pyridine rings is 1. The van der Waals surface area contributed by atoms with Gasteiger partial charge >= 0.3 is 0 Å². The van der Waals surface area contributed by atoms with Gasteiger partial charge in [-0.05, 0) is 29.8 Å². The van der Waals surface area contributed by atoms with Crippen molar-refractivity contribution in [2.75, 3.05) is 5.73 Å². The molecule has 0 aliphatic heterocycles. The number of halogens is 2. The number of nitrogens with two attached hydrogens (primary N) is 1. The topological polar surface area (TPSA) is 56.0 Å². The summed E-state index contributed by atoms with van der Waals surface area (Å²) >= 11 is 3.16. The number of aromatic nitrogens is 1. The van der Waals surface area contributed by atoms with E-state index in [1.54, 1.807) is 18.2 Å². The first-order valence-corrected chi connectivity index (χ1v) is 6.04. The van der Waals surface area contributed by atoms with Crippen LogP contribution in [0.25, 0.3) is 0 Å². The molecule has 0 bridgehead atoms. The van der Waals surface area contributed by atoms with Gasteiger partial charge in [0.15, 0.2) is 5.78 Å². The molecule has 0 aliphatic rings. The normalized spacial score (nSPS) is 10.3. The van der Waals surface area contributed by atoms with Crippen molar-refractivity contribution in [3.05, 3.63) is 58.1 Å². The van der Waals surface area contributed by atoms with Crippen LogP contribution in [0.5, 0.6) is 0 Å². The summed E-state index contributed by atoms with van der Waals surface area (Å²) in [5, 5.41) is 0. The summed E-state index contributed by atoms with van der Waals surface area (Å²) in [6.07, 6.45) is 1.39. The summed E-state index contributed by atoms with van der Waals surface area (Å²) < 4.78 is 14.2. The second-order valence-electron chi connectivity index (χ2n) is 3.81. The molecule has 0 spiro atoms. The van der Waals surface area contributed by atoms with Gasteiger partial charge in [-0.25, -0.2) is 4.39 Å². The van der Waals surface area contributed by atoms with Crippen LogP contribution in [0.15, 0.2) is 41.0 Å². The summed E-state index contributed by atoms with van der Waals surface area (Å²) in [7, 11) is 0. The smallest absolute Gasteiger partial charge is 0.185 e. The van der Waals surface area contributed by atoms with Crippen LogP contribution in [-0.4, -0.2) is 10.8 Å². The highest BCUT2D eigenvalue weighted by atomic mass is 79.9. The van der Waals surface area contributed by atoms with E-state index in [-0.39, 0.29) is 17.9 Å². The fourth-order valence-electron chi connectivity index (χ4n) is 1.50. The van der Waals surface area contributed by atoms with E-state index in [4.69, 9.17) is 5.73 Å². The maximum Gasteiger partial charge on any atom is 0.185 e. The summed E-state index contributed by atoms with van der Waals surface area (Å²) in [6, 6.07) is 7.74. The predicted molar refractivity (Wildman–Crippen MR) is 70.8 cm³/mol. The first-order valence-electron chi connectivity index (χ1n) is 5.25. The molecule has 0 aliphatic carbocycles. The van der Waals surface area contributed by atoms with Gasteiger partial charge < -0.3 is 5.73 Å². The average molecular weight is 309 g/mol. The van der Waals surface area contributed by atoms with Gasteiger partial charge in [-0.2, -0.15) is 0 Å². The third-order valence-electron chi connectivity index (χ3n) is 2.44. The molecule has 2 aromatic rings. The van der Waals surface area contributed by atoms with Crippen LogP contribution in [-0.2, 0) is 6.42 Å². The van der Waals surface area contributed by atoms with Crippen LogP contribution in [0.3, 0.4) is 0 Å². The molecule has 0 saturated heterocycles. The van der Waals surface area contributed by atoms with Crippen molar-refractivity contribution in [1.82, 2.24) is 4.98 Å². The Kier molecular flexibility index (Phi) is 3.72. The third kappa shape index (κ3) is 2.92. The van der Waals surface area contributed by atoms with Crippen LogP contribution in [0.2, 0.25) is 0 Å². The Bertz CT molecular complexity index is 584. The number of hydrogen-bond donors (Lipinski definition) is 1. The molecule has 92 valence electrons. The lowest BCUT2D eigenvalue weighted by molar-refractivity contribution is 0.0987. The van der Waals surface area contributed by atoms with Crippen LogP contribution in [0, 0.1) is 5.82 Å².